The summed E-state index contributed by atoms with van der Waals surface area (Å²) in [7, 11) is 0. The largest absolute Gasteiger partial charge is 0.489 e. The van der Waals surface area contributed by atoms with Crippen LogP contribution < -0.4 is 10.1 Å². The Kier molecular flexibility index (Phi) is 8.15. The molecule has 0 spiro atoms. The molecule has 7 heteroatoms. The smallest absolute Gasteiger partial charge is 0.342 e. The van der Waals surface area contributed by atoms with Crippen LogP contribution in [0.4, 0.5) is 11.5 Å². The summed E-state index contributed by atoms with van der Waals surface area (Å²) in [4.78, 5) is 13.4. The summed E-state index contributed by atoms with van der Waals surface area (Å²) >= 11 is 5.96. The molecule has 5 aromatic rings. The van der Waals surface area contributed by atoms with Gasteiger partial charge >= 0.3 is 5.97 Å². The molecule has 0 aliphatic rings. The van der Waals surface area contributed by atoms with Crippen LogP contribution >= 0.6 is 11.6 Å². The number of ether oxygens (including phenoxy) is 2. The molecule has 6 nitrogen and oxygen atoms in total. The van der Waals surface area contributed by atoms with Gasteiger partial charge in [-0.25, -0.2) is 4.79 Å². The molecule has 1 heterocycles. The van der Waals surface area contributed by atoms with Gasteiger partial charge in [0.15, 0.2) is 5.82 Å². The van der Waals surface area contributed by atoms with Crippen LogP contribution in [-0.2, 0) is 11.3 Å². The normalized spacial score (nSPS) is 10.6. The predicted molar refractivity (Wildman–Crippen MR) is 154 cm³/mol. The van der Waals surface area contributed by atoms with E-state index in [0.717, 1.165) is 22.4 Å². The van der Waals surface area contributed by atoms with E-state index >= 15 is 0 Å². The molecule has 0 saturated carbocycles. The lowest BCUT2D eigenvalue weighted by atomic mass is 9.95. The van der Waals surface area contributed by atoms with Crippen LogP contribution in [0.5, 0.6) is 5.75 Å². The third-order valence-electron chi connectivity index (χ3n) is 6.00. The van der Waals surface area contributed by atoms with Crippen molar-refractivity contribution < 1.29 is 14.3 Å². The number of nitrogens with zero attached hydrogens (tertiary/aromatic N) is 2. The van der Waals surface area contributed by atoms with Gasteiger partial charge in [0.1, 0.15) is 23.6 Å². The standard InChI is InChI=1S/C32H26ClN3O3/c1-2-38-32(37)29-28(23-9-5-3-6-10-23)30(24-11-7-4-8-12-24)35-36-31(29)34-26-17-19-27(20-18-26)39-21-22-13-15-25(33)16-14-22/h3-20H,2,21H2,1H3,(H,34,36). The number of benzene rings is 4. The van der Waals surface area contributed by atoms with Gasteiger partial charge in [0.05, 0.1) is 6.61 Å². The van der Waals surface area contributed by atoms with Gasteiger partial charge in [-0.3, -0.25) is 0 Å². The summed E-state index contributed by atoms with van der Waals surface area (Å²) in [5.74, 6) is 0.535. The van der Waals surface area contributed by atoms with Crippen LogP contribution in [0.1, 0.15) is 22.8 Å². The number of esters is 1. The molecule has 0 radical (unpaired) electrons. The molecule has 0 amide bonds. The van der Waals surface area contributed by atoms with Crippen LogP contribution in [0.3, 0.4) is 0 Å². The third kappa shape index (κ3) is 6.25. The van der Waals surface area contributed by atoms with E-state index in [-0.39, 0.29) is 6.61 Å². The molecule has 0 aliphatic carbocycles. The second-order valence-electron chi connectivity index (χ2n) is 8.66. The molecule has 0 aliphatic heterocycles. The van der Waals surface area contributed by atoms with Crippen LogP contribution in [-0.4, -0.2) is 22.8 Å². The molecular weight excluding hydrogens is 510 g/mol. The zero-order valence-corrected chi connectivity index (χ0v) is 22.1. The first-order chi connectivity index (χ1) is 19.1. The molecule has 0 atom stereocenters. The van der Waals surface area contributed by atoms with Gasteiger partial charge in [-0.05, 0) is 54.4 Å². The molecule has 0 unspecified atom stereocenters. The maximum Gasteiger partial charge on any atom is 0.342 e. The van der Waals surface area contributed by atoms with Crippen molar-refractivity contribution in [3.05, 3.63) is 125 Å². The highest BCUT2D eigenvalue weighted by molar-refractivity contribution is 6.30. The van der Waals surface area contributed by atoms with Crippen molar-refractivity contribution in [1.82, 2.24) is 10.2 Å². The van der Waals surface area contributed by atoms with Gasteiger partial charge in [0, 0.05) is 21.8 Å². The molecule has 1 N–H and O–H groups in total. The number of hydrogen-bond acceptors (Lipinski definition) is 6. The van der Waals surface area contributed by atoms with Crippen LogP contribution in [0.25, 0.3) is 22.4 Å². The lowest BCUT2D eigenvalue weighted by Crippen LogP contribution is -2.13. The molecule has 4 aromatic carbocycles. The molecule has 194 valence electrons. The minimum atomic E-state index is -0.478. The molecular formula is C32H26ClN3O3. The average molecular weight is 536 g/mol. The number of nitrogens with one attached hydrogen (secondary N) is 1. The topological polar surface area (TPSA) is 73.3 Å². The number of aromatic nitrogens is 2. The van der Waals surface area contributed by atoms with E-state index in [1.54, 1.807) is 6.92 Å². The van der Waals surface area contributed by atoms with Crippen LogP contribution in [0.2, 0.25) is 5.02 Å². The molecule has 0 saturated heterocycles. The Labute approximate surface area is 232 Å². The molecule has 39 heavy (non-hydrogen) atoms. The lowest BCUT2D eigenvalue weighted by molar-refractivity contribution is 0.0528. The first kappa shape index (κ1) is 25.9. The summed E-state index contributed by atoms with van der Waals surface area (Å²) < 4.78 is 11.4. The lowest BCUT2D eigenvalue weighted by Gasteiger charge is -2.17. The highest BCUT2D eigenvalue weighted by atomic mass is 35.5. The fraction of sp³-hybridized carbons (Fsp3) is 0.0938. The number of anilines is 2. The molecule has 0 fully saturated rings. The van der Waals surface area contributed by atoms with E-state index < -0.39 is 5.97 Å². The summed E-state index contributed by atoms with van der Waals surface area (Å²) in [6.07, 6.45) is 0. The Morgan fingerprint density at radius 2 is 1.44 bits per heavy atom. The third-order valence-corrected chi connectivity index (χ3v) is 6.25. The fourth-order valence-corrected chi connectivity index (χ4v) is 4.25. The Morgan fingerprint density at radius 1 is 0.795 bits per heavy atom. The van der Waals surface area contributed by atoms with Crippen molar-refractivity contribution >= 4 is 29.1 Å². The minimum absolute atomic E-state index is 0.231. The number of carbonyl (C=O) groups is 1. The SMILES string of the molecule is CCOC(=O)c1c(Nc2ccc(OCc3ccc(Cl)cc3)cc2)nnc(-c2ccccc2)c1-c1ccccc1. The van der Waals surface area contributed by atoms with E-state index in [4.69, 9.17) is 21.1 Å². The zero-order valence-electron chi connectivity index (χ0n) is 21.3. The summed E-state index contributed by atoms with van der Waals surface area (Å²) in [6, 6.07) is 34.3. The Balaban J connectivity index is 1.49. The maximum atomic E-state index is 13.4. The van der Waals surface area contributed by atoms with E-state index in [1.165, 1.54) is 0 Å². The van der Waals surface area contributed by atoms with Crippen LogP contribution in [0, 0.1) is 0 Å². The average Bonchev–Trinajstić information content (AvgIpc) is 2.98. The second kappa shape index (κ2) is 12.2. The van der Waals surface area contributed by atoms with Gasteiger partial charge in [0.25, 0.3) is 0 Å². The van der Waals surface area contributed by atoms with Gasteiger partial charge in [-0.1, -0.05) is 84.4 Å². The van der Waals surface area contributed by atoms with Crippen LogP contribution in [0.15, 0.2) is 109 Å². The Morgan fingerprint density at radius 3 is 2.08 bits per heavy atom. The number of halogens is 1. The van der Waals surface area contributed by atoms with Crippen molar-refractivity contribution in [1.29, 1.82) is 0 Å². The first-order valence-corrected chi connectivity index (χ1v) is 12.9. The van der Waals surface area contributed by atoms with Gasteiger partial charge in [-0.15, -0.1) is 10.2 Å². The molecule has 0 bridgehead atoms. The fourth-order valence-electron chi connectivity index (χ4n) is 4.13. The zero-order chi connectivity index (χ0) is 27.0. The number of rotatable bonds is 9. The van der Waals surface area contributed by atoms with E-state index in [2.05, 4.69) is 15.5 Å². The van der Waals surface area contributed by atoms with Gasteiger partial charge in [0.2, 0.25) is 0 Å². The Hall–Kier alpha value is -4.68. The van der Waals surface area contributed by atoms with Crippen molar-refractivity contribution in [3.8, 4) is 28.1 Å². The van der Waals surface area contributed by atoms with Crippen molar-refractivity contribution in [2.75, 3.05) is 11.9 Å². The minimum Gasteiger partial charge on any atom is -0.489 e. The Bertz CT molecular complexity index is 1540. The summed E-state index contributed by atoms with van der Waals surface area (Å²) in [6.45, 7) is 2.43. The summed E-state index contributed by atoms with van der Waals surface area (Å²) in [5, 5.41) is 12.9. The second-order valence-corrected chi connectivity index (χ2v) is 9.10. The predicted octanol–water partition coefficient (Wildman–Crippen LogP) is 7.96. The summed E-state index contributed by atoms with van der Waals surface area (Å²) in [5.41, 5.74) is 5.00. The van der Waals surface area contributed by atoms with E-state index in [9.17, 15) is 4.79 Å². The quantitative estimate of drug-likeness (QED) is 0.193. The van der Waals surface area contributed by atoms with Crippen molar-refractivity contribution in [2.24, 2.45) is 0 Å². The first-order valence-electron chi connectivity index (χ1n) is 12.6. The van der Waals surface area contributed by atoms with Crippen molar-refractivity contribution in [3.63, 3.8) is 0 Å². The van der Waals surface area contributed by atoms with Crippen molar-refractivity contribution in [2.45, 2.75) is 13.5 Å². The van der Waals surface area contributed by atoms with E-state index in [1.807, 2.05) is 109 Å². The highest BCUT2D eigenvalue weighted by Gasteiger charge is 2.25. The van der Waals surface area contributed by atoms with Gasteiger partial charge < -0.3 is 14.8 Å². The monoisotopic (exact) mass is 535 g/mol. The van der Waals surface area contributed by atoms with E-state index in [0.29, 0.717) is 40.0 Å². The number of carbonyl (C=O) groups excluding carboxylic acids is 1. The van der Waals surface area contributed by atoms with Gasteiger partial charge in [-0.2, -0.15) is 0 Å². The number of hydrogen-bond donors (Lipinski definition) is 1. The molecule has 5 rings (SSSR count). The molecule has 1 aromatic heterocycles. The maximum absolute atomic E-state index is 13.4. The highest BCUT2D eigenvalue weighted by Crippen LogP contribution is 2.37.